The first-order valence-electron chi connectivity index (χ1n) is 6.34. The lowest BCUT2D eigenvalue weighted by molar-refractivity contribution is -0.139. The third-order valence-electron chi connectivity index (χ3n) is 3.24. The molecule has 1 aliphatic carbocycles. The molecular formula is C13H20N2O3. The van der Waals surface area contributed by atoms with Gasteiger partial charge in [0.25, 0.3) is 0 Å². The third-order valence-corrected chi connectivity index (χ3v) is 3.24. The second kappa shape index (κ2) is 7.59. The molecule has 2 amide bonds. The molecule has 0 aromatic heterocycles. The molecule has 1 fully saturated rings. The number of aliphatic carboxylic acids is 1. The number of carbonyl (C=O) groups excluding carboxylic acids is 1. The zero-order valence-electron chi connectivity index (χ0n) is 10.4. The van der Waals surface area contributed by atoms with Gasteiger partial charge in [0.15, 0.2) is 0 Å². The van der Waals surface area contributed by atoms with E-state index in [-0.39, 0.29) is 6.42 Å². The monoisotopic (exact) mass is 252 g/mol. The van der Waals surface area contributed by atoms with Crippen molar-refractivity contribution >= 4 is 12.0 Å². The molecule has 5 nitrogen and oxygen atoms in total. The van der Waals surface area contributed by atoms with Crippen LogP contribution in [-0.4, -0.2) is 29.7 Å². The molecule has 1 aliphatic rings. The van der Waals surface area contributed by atoms with Crippen molar-refractivity contribution in [2.45, 2.75) is 44.6 Å². The van der Waals surface area contributed by atoms with Crippen LogP contribution < -0.4 is 10.6 Å². The van der Waals surface area contributed by atoms with Crippen molar-refractivity contribution in [2.75, 3.05) is 6.54 Å². The van der Waals surface area contributed by atoms with Gasteiger partial charge >= 0.3 is 12.0 Å². The molecule has 0 aliphatic heterocycles. The van der Waals surface area contributed by atoms with E-state index in [9.17, 15) is 9.59 Å². The highest BCUT2D eigenvalue weighted by molar-refractivity contribution is 5.82. The average molecular weight is 252 g/mol. The minimum absolute atomic E-state index is 0.00855. The number of amides is 2. The van der Waals surface area contributed by atoms with Crippen molar-refractivity contribution in [2.24, 2.45) is 5.92 Å². The molecule has 1 atom stereocenters. The van der Waals surface area contributed by atoms with Crippen molar-refractivity contribution in [1.82, 2.24) is 10.6 Å². The maximum Gasteiger partial charge on any atom is 0.327 e. The fraction of sp³-hybridized carbons (Fsp3) is 0.692. The molecule has 100 valence electrons. The van der Waals surface area contributed by atoms with Crippen molar-refractivity contribution in [3.63, 3.8) is 0 Å². The number of carboxylic acids is 1. The zero-order valence-corrected chi connectivity index (χ0v) is 10.4. The molecule has 1 rings (SSSR count). The lowest BCUT2D eigenvalue weighted by atomic mass is 10.0. The highest BCUT2D eigenvalue weighted by Gasteiger charge is 2.19. The minimum atomic E-state index is -1.11. The van der Waals surface area contributed by atoms with Gasteiger partial charge in [0.1, 0.15) is 6.04 Å². The van der Waals surface area contributed by atoms with E-state index in [1.807, 2.05) is 0 Å². The van der Waals surface area contributed by atoms with Crippen LogP contribution in [-0.2, 0) is 4.79 Å². The topological polar surface area (TPSA) is 78.4 Å². The normalized spacial score (nSPS) is 16.8. The molecule has 0 spiro atoms. The Morgan fingerprint density at radius 1 is 1.39 bits per heavy atom. The van der Waals surface area contributed by atoms with E-state index in [0.29, 0.717) is 12.5 Å². The Balaban J connectivity index is 2.19. The largest absolute Gasteiger partial charge is 0.480 e. The number of nitrogens with one attached hydrogen (secondary N) is 2. The fourth-order valence-corrected chi connectivity index (χ4v) is 2.22. The number of carboxylic acid groups (broad SMARTS) is 1. The quantitative estimate of drug-likeness (QED) is 0.624. The molecule has 1 unspecified atom stereocenters. The fourth-order valence-electron chi connectivity index (χ4n) is 2.22. The van der Waals surface area contributed by atoms with Crippen molar-refractivity contribution in [3.8, 4) is 12.3 Å². The summed E-state index contributed by atoms with van der Waals surface area (Å²) in [6, 6.07) is -1.47. The van der Waals surface area contributed by atoms with Crippen LogP contribution in [0.2, 0.25) is 0 Å². The summed E-state index contributed by atoms with van der Waals surface area (Å²) in [5, 5.41) is 13.8. The van der Waals surface area contributed by atoms with E-state index in [2.05, 4.69) is 16.6 Å². The third kappa shape index (κ3) is 5.09. The summed E-state index contributed by atoms with van der Waals surface area (Å²) in [4.78, 5) is 22.2. The summed E-state index contributed by atoms with van der Waals surface area (Å²) in [5.41, 5.74) is 0. The van der Waals surface area contributed by atoms with Gasteiger partial charge in [-0.3, -0.25) is 0 Å². The summed E-state index contributed by atoms with van der Waals surface area (Å²) in [6.07, 6.45) is 11.0. The molecule has 0 aromatic carbocycles. The molecule has 1 saturated carbocycles. The predicted octanol–water partition coefficient (Wildman–Crippen LogP) is 1.34. The molecule has 18 heavy (non-hydrogen) atoms. The number of terminal acetylenes is 1. The number of hydrogen-bond donors (Lipinski definition) is 3. The Labute approximate surface area is 107 Å². The second-order valence-corrected chi connectivity index (χ2v) is 4.64. The Hall–Kier alpha value is -1.70. The van der Waals surface area contributed by atoms with Crippen LogP contribution in [0.5, 0.6) is 0 Å². The summed E-state index contributed by atoms with van der Waals surface area (Å²) in [6.45, 7) is 0.582. The summed E-state index contributed by atoms with van der Waals surface area (Å²) in [5.74, 6) is 1.82. The lowest BCUT2D eigenvalue weighted by Gasteiger charge is -2.14. The van der Waals surface area contributed by atoms with Crippen molar-refractivity contribution < 1.29 is 14.7 Å². The van der Waals surface area contributed by atoms with Crippen LogP contribution in [0, 0.1) is 18.3 Å². The van der Waals surface area contributed by atoms with Crippen molar-refractivity contribution in [3.05, 3.63) is 0 Å². The van der Waals surface area contributed by atoms with Gasteiger partial charge < -0.3 is 15.7 Å². The van der Waals surface area contributed by atoms with Gasteiger partial charge in [0.05, 0.1) is 0 Å². The van der Waals surface area contributed by atoms with Gasteiger partial charge in [0.2, 0.25) is 0 Å². The standard InChI is InChI=1S/C13H20N2O3/c1-2-5-11(12(16)17)15-13(18)14-9-8-10-6-3-4-7-10/h1,10-11H,3-9H2,(H,16,17)(H2,14,15,18). The zero-order chi connectivity index (χ0) is 13.4. The maximum atomic E-state index is 11.5. The first-order chi connectivity index (χ1) is 8.63. The van der Waals surface area contributed by atoms with Crippen LogP contribution >= 0.6 is 0 Å². The number of hydrogen-bond acceptors (Lipinski definition) is 2. The van der Waals surface area contributed by atoms with E-state index < -0.39 is 18.0 Å². The Morgan fingerprint density at radius 3 is 2.61 bits per heavy atom. The van der Waals surface area contributed by atoms with Crippen LogP contribution in [0.4, 0.5) is 4.79 Å². The molecule has 3 N–H and O–H groups in total. The van der Waals surface area contributed by atoms with Gasteiger partial charge in [-0.15, -0.1) is 12.3 Å². The van der Waals surface area contributed by atoms with Gasteiger partial charge in [-0.2, -0.15) is 0 Å². The molecule has 0 heterocycles. The lowest BCUT2D eigenvalue weighted by Crippen LogP contribution is -2.46. The van der Waals surface area contributed by atoms with E-state index in [4.69, 9.17) is 11.5 Å². The molecule has 0 radical (unpaired) electrons. The minimum Gasteiger partial charge on any atom is -0.480 e. The molecule has 0 bridgehead atoms. The molecule has 0 saturated heterocycles. The molecule has 0 aromatic rings. The SMILES string of the molecule is C#CCC(NC(=O)NCCC1CCCC1)C(=O)O. The van der Waals surface area contributed by atoms with E-state index >= 15 is 0 Å². The molecule has 5 heteroatoms. The number of rotatable bonds is 6. The number of carbonyl (C=O) groups is 2. The van der Waals surface area contributed by atoms with Gasteiger partial charge in [-0.05, 0) is 12.3 Å². The predicted molar refractivity (Wildman–Crippen MR) is 68.0 cm³/mol. The van der Waals surface area contributed by atoms with Crippen LogP contribution in [0.1, 0.15) is 38.5 Å². The summed E-state index contributed by atoms with van der Waals surface area (Å²) < 4.78 is 0. The van der Waals surface area contributed by atoms with E-state index in [1.165, 1.54) is 25.7 Å². The highest BCUT2D eigenvalue weighted by Crippen LogP contribution is 2.26. The summed E-state index contributed by atoms with van der Waals surface area (Å²) in [7, 11) is 0. The van der Waals surface area contributed by atoms with Gasteiger partial charge in [-0.25, -0.2) is 9.59 Å². The smallest absolute Gasteiger partial charge is 0.327 e. The Kier molecular flexibility index (Phi) is 6.06. The van der Waals surface area contributed by atoms with E-state index in [0.717, 1.165) is 6.42 Å². The average Bonchev–Trinajstić information content (AvgIpc) is 2.81. The van der Waals surface area contributed by atoms with Gasteiger partial charge in [-0.1, -0.05) is 25.7 Å². The van der Waals surface area contributed by atoms with Crippen molar-refractivity contribution in [1.29, 1.82) is 0 Å². The van der Waals surface area contributed by atoms with Crippen LogP contribution in [0.3, 0.4) is 0 Å². The van der Waals surface area contributed by atoms with Crippen LogP contribution in [0.25, 0.3) is 0 Å². The first kappa shape index (κ1) is 14.4. The first-order valence-corrected chi connectivity index (χ1v) is 6.34. The Morgan fingerprint density at radius 2 is 2.06 bits per heavy atom. The van der Waals surface area contributed by atoms with E-state index in [1.54, 1.807) is 0 Å². The summed E-state index contributed by atoms with van der Waals surface area (Å²) >= 11 is 0. The second-order valence-electron chi connectivity index (χ2n) is 4.64. The maximum absolute atomic E-state index is 11.5. The molecular weight excluding hydrogens is 232 g/mol. The Bertz CT molecular complexity index is 330. The van der Waals surface area contributed by atoms with Gasteiger partial charge in [0, 0.05) is 13.0 Å². The number of urea groups is 1. The highest BCUT2D eigenvalue weighted by atomic mass is 16.4. The van der Waals surface area contributed by atoms with Crippen LogP contribution in [0.15, 0.2) is 0 Å².